The Kier molecular flexibility index (Phi) is 3.69. The predicted octanol–water partition coefficient (Wildman–Crippen LogP) is 1.45. The highest BCUT2D eigenvalue weighted by atomic mass is 16.5. The Bertz CT molecular complexity index is 256. The zero-order valence-corrected chi connectivity index (χ0v) is 9.46. The standard InChI is InChI=1S/C11H19NO2/c1-8(2)10-7-12(3)6-5-9(10)11(13)14-4/h8H,5-7H2,1-4H3. The topological polar surface area (TPSA) is 29.5 Å². The Balaban J connectivity index is 2.93. The zero-order valence-electron chi connectivity index (χ0n) is 9.46. The Labute approximate surface area is 85.7 Å². The van der Waals surface area contributed by atoms with Crippen LogP contribution in [-0.2, 0) is 9.53 Å². The third-order valence-electron chi connectivity index (χ3n) is 2.70. The van der Waals surface area contributed by atoms with Crippen LogP contribution in [0.2, 0.25) is 0 Å². The van der Waals surface area contributed by atoms with E-state index in [2.05, 4.69) is 25.8 Å². The van der Waals surface area contributed by atoms with Crippen molar-refractivity contribution in [2.75, 3.05) is 27.2 Å². The first-order valence-corrected chi connectivity index (χ1v) is 5.05. The molecule has 0 N–H and O–H groups in total. The summed E-state index contributed by atoms with van der Waals surface area (Å²) in [6.45, 7) is 6.08. The van der Waals surface area contributed by atoms with Crippen molar-refractivity contribution in [1.29, 1.82) is 0 Å². The molecule has 0 fully saturated rings. The van der Waals surface area contributed by atoms with Gasteiger partial charge in [0, 0.05) is 18.7 Å². The highest BCUT2D eigenvalue weighted by Gasteiger charge is 2.23. The van der Waals surface area contributed by atoms with E-state index in [1.54, 1.807) is 0 Å². The number of hydrogen-bond donors (Lipinski definition) is 0. The van der Waals surface area contributed by atoms with Crippen molar-refractivity contribution in [3.8, 4) is 0 Å². The highest BCUT2D eigenvalue weighted by molar-refractivity contribution is 5.89. The van der Waals surface area contributed by atoms with Gasteiger partial charge in [-0.05, 0) is 25.0 Å². The monoisotopic (exact) mass is 197 g/mol. The smallest absolute Gasteiger partial charge is 0.333 e. The zero-order chi connectivity index (χ0) is 10.7. The van der Waals surface area contributed by atoms with Crippen molar-refractivity contribution in [2.45, 2.75) is 20.3 Å². The van der Waals surface area contributed by atoms with Gasteiger partial charge < -0.3 is 9.64 Å². The first kappa shape index (κ1) is 11.2. The van der Waals surface area contributed by atoms with Crippen molar-refractivity contribution in [3.05, 3.63) is 11.1 Å². The van der Waals surface area contributed by atoms with E-state index in [1.165, 1.54) is 12.7 Å². The Hall–Kier alpha value is -0.830. The van der Waals surface area contributed by atoms with Crippen molar-refractivity contribution < 1.29 is 9.53 Å². The fourth-order valence-corrected chi connectivity index (χ4v) is 1.82. The lowest BCUT2D eigenvalue weighted by atomic mass is 9.92. The van der Waals surface area contributed by atoms with Gasteiger partial charge in [0.05, 0.1) is 7.11 Å². The van der Waals surface area contributed by atoms with Gasteiger partial charge in [-0.2, -0.15) is 0 Å². The predicted molar refractivity (Wildman–Crippen MR) is 56.0 cm³/mol. The molecule has 1 aliphatic heterocycles. The van der Waals surface area contributed by atoms with Gasteiger partial charge in [0.15, 0.2) is 0 Å². The maximum atomic E-state index is 11.5. The lowest BCUT2D eigenvalue weighted by Crippen LogP contribution is -2.32. The van der Waals surface area contributed by atoms with Gasteiger partial charge in [0.1, 0.15) is 0 Å². The van der Waals surface area contributed by atoms with Crippen LogP contribution in [0.4, 0.5) is 0 Å². The fourth-order valence-electron chi connectivity index (χ4n) is 1.82. The SMILES string of the molecule is COC(=O)C1=C(C(C)C)CN(C)CC1. The van der Waals surface area contributed by atoms with Crippen LogP contribution >= 0.6 is 0 Å². The molecule has 0 bridgehead atoms. The molecule has 0 saturated heterocycles. The quantitative estimate of drug-likeness (QED) is 0.627. The third-order valence-corrected chi connectivity index (χ3v) is 2.70. The molecule has 0 aromatic carbocycles. The number of carbonyl (C=O) groups excluding carboxylic acids is 1. The molecule has 80 valence electrons. The van der Waals surface area contributed by atoms with E-state index in [0.717, 1.165) is 25.1 Å². The number of likely N-dealkylation sites (N-methyl/N-ethyl adjacent to an activating group) is 1. The van der Waals surface area contributed by atoms with Crippen LogP contribution in [0.25, 0.3) is 0 Å². The molecule has 0 saturated carbocycles. The van der Waals surface area contributed by atoms with Crippen molar-refractivity contribution in [1.82, 2.24) is 4.90 Å². The molecule has 3 heteroatoms. The van der Waals surface area contributed by atoms with Crippen molar-refractivity contribution in [2.24, 2.45) is 5.92 Å². The molecule has 0 aromatic rings. The molecule has 0 aromatic heterocycles. The van der Waals surface area contributed by atoms with Crippen LogP contribution < -0.4 is 0 Å². The summed E-state index contributed by atoms with van der Waals surface area (Å²) in [5.41, 5.74) is 2.12. The summed E-state index contributed by atoms with van der Waals surface area (Å²) in [6.07, 6.45) is 0.816. The summed E-state index contributed by atoms with van der Waals surface area (Å²) in [7, 11) is 3.53. The number of esters is 1. The van der Waals surface area contributed by atoms with Gasteiger partial charge in [-0.15, -0.1) is 0 Å². The van der Waals surface area contributed by atoms with Gasteiger partial charge in [-0.3, -0.25) is 0 Å². The van der Waals surface area contributed by atoms with E-state index >= 15 is 0 Å². The molecule has 0 radical (unpaired) electrons. The summed E-state index contributed by atoms with van der Waals surface area (Å²) in [6, 6.07) is 0. The molecule has 0 unspecified atom stereocenters. The third kappa shape index (κ3) is 2.35. The van der Waals surface area contributed by atoms with Gasteiger partial charge in [0.2, 0.25) is 0 Å². The van der Waals surface area contributed by atoms with Crippen LogP contribution in [0.1, 0.15) is 20.3 Å². The number of carbonyl (C=O) groups is 1. The number of methoxy groups -OCH3 is 1. The summed E-state index contributed by atoms with van der Waals surface area (Å²) >= 11 is 0. The molecule has 1 heterocycles. The molecule has 1 aliphatic rings. The summed E-state index contributed by atoms with van der Waals surface area (Å²) < 4.78 is 4.79. The Morgan fingerprint density at radius 2 is 2.14 bits per heavy atom. The lowest BCUT2D eigenvalue weighted by Gasteiger charge is -2.28. The van der Waals surface area contributed by atoms with Crippen LogP contribution in [-0.4, -0.2) is 38.1 Å². The van der Waals surface area contributed by atoms with Gasteiger partial charge in [-0.1, -0.05) is 13.8 Å². The van der Waals surface area contributed by atoms with Crippen molar-refractivity contribution >= 4 is 5.97 Å². The molecule has 3 nitrogen and oxygen atoms in total. The molecule has 0 atom stereocenters. The largest absolute Gasteiger partial charge is 0.466 e. The number of nitrogens with zero attached hydrogens (tertiary/aromatic N) is 1. The first-order chi connectivity index (χ1) is 6.56. The number of hydrogen-bond acceptors (Lipinski definition) is 3. The van der Waals surface area contributed by atoms with Crippen LogP contribution in [0.5, 0.6) is 0 Å². The maximum absolute atomic E-state index is 11.5. The Morgan fingerprint density at radius 3 is 2.64 bits per heavy atom. The lowest BCUT2D eigenvalue weighted by molar-refractivity contribution is -0.136. The molecule has 0 amide bonds. The van der Waals surface area contributed by atoms with Crippen molar-refractivity contribution in [3.63, 3.8) is 0 Å². The maximum Gasteiger partial charge on any atom is 0.333 e. The van der Waals surface area contributed by atoms with Gasteiger partial charge in [0.25, 0.3) is 0 Å². The molecular weight excluding hydrogens is 178 g/mol. The normalized spacial score (nSPS) is 18.9. The highest BCUT2D eigenvalue weighted by Crippen LogP contribution is 2.23. The summed E-state index contributed by atoms with van der Waals surface area (Å²) in [5, 5.41) is 0. The minimum Gasteiger partial charge on any atom is -0.466 e. The second-order valence-electron chi connectivity index (χ2n) is 4.14. The van der Waals surface area contributed by atoms with Crippen LogP contribution in [0.15, 0.2) is 11.1 Å². The van der Waals surface area contributed by atoms with E-state index in [-0.39, 0.29) is 5.97 Å². The molecular formula is C11H19NO2. The summed E-state index contributed by atoms with van der Waals surface area (Å²) in [5.74, 6) is 0.272. The second-order valence-corrected chi connectivity index (χ2v) is 4.14. The molecule has 0 spiro atoms. The second kappa shape index (κ2) is 4.60. The number of rotatable bonds is 2. The minimum absolute atomic E-state index is 0.151. The molecule has 14 heavy (non-hydrogen) atoms. The van der Waals surface area contributed by atoms with E-state index in [4.69, 9.17) is 4.74 Å². The average molecular weight is 197 g/mol. The van der Waals surface area contributed by atoms with E-state index < -0.39 is 0 Å². The number of ether oxygens (including phenoxy) is 1. The van der Waals surface area contributed by atoms with Gasteiger partial charge in [-0.25, -0.2) is 4.79 Å². The molecule has 1 rings (SSSR count). The van der Waals surface area contributed by atoms with E-state index in [0.29, 0.717) is 5.92 Å². The fraction of sp³-hybridized carbons (Fsp3) is 0.727. The van der Waals surface area contributed by atoms with Crippen LogP contribution in [0, 0.1) is 5.92 Å². The van der Waals surface area contributed by atoms with E-state index in [9.17, 15) is 4.79 Å². The van der Waals surface area contributed by atoms with E-state index in [1.807, 2.05) is 0 Å². The minimum atomic E-state index is -0.151. The molecule has 0 aliphatic carbocycles. The van der Waals surface area contributed by atoms with Gasteiger partial charge >= 0.3 is 5.97 Å². The van der Waals surface area contributed by atoms with Crippen LogP contribution in [0.3, 0.4) is 0 Å². The summed E-state index contributed by atoms with van der Waals surface area (Å²) in [4.78, 5) is 13.7. The average Bonchev–Trinajstić information content (AvgIpc) is 2.16. The Morgan fingerprint density at radius 1 is 1.50 bits per heavy atom. The first-order valence-electron chi connectivity index (χ1n) is 5.05.